The van der Waals surface area contributed by atoms with E-state index in [1.54, 1.807) is 0 Å². The zero-order valence-electron chi connectivity index (χ0n) is 19.5. The normalized spacial score (nSPS) is 10.2. The zero-order chi connectivity index (χ0) is 22.2. The van der Waals surface area contributed by atoms with Crippen LogP contribution in [0.1, 0.15) is 58.7 Å². The number of nitrogens with one attached hydrogen (secondary N) is 1. The topological polar surface area (TPSA) is 66.5 Å². The molecule has 162 valence electrons. The first kappa shape index (κ1) is 30.7. The number of rotatable bonds is 10. The molecule has 0 amide bonds. The van der Waals surface area contributed by atoms with E-state index in [1.807, 2.05) is 66.3 Å². The van der Waals surface area contributed by atoms with Gasteiger partial charge in [-0.2, -0.15) is 0 Å². The third kappa shape index (κ3) is 17.4. The molecule has 5 nitrogen and oxygen atoms in total. The SMILES string of the molecule is C=C.CC.CC.CN/C=C(/C)N=CCN(CCCCN)Cc1ncccc1C. The molecule has 1 aromatic heterocycles. The molecule has 0 unspecified atom stereocenters. The van der Waals surface area contributed by atoms with E-state index in [9.17, 15) is 0 Å². The van der Waals surface area contributed by atoms with Crippen LogP contribution in [0.25, 0.3) is 0 Å². The summed E-state index contributed by atoms with van der Waals surface area (Å²) in [5, 5.41) is 2.98. The number of aromatic nitrogens is 1. The predicted octanol–water partition coefficient (Wildman–Crippen LogP) is 4.94. The van der Waals surface area contributed by atoms with Crippen molar-refractivity contribution in [3.05, 3.63) is 54.6 Å². The van der Waals surface area contributed by atoms with E-state index in [4.69, 9.17) is 5.73 Å². The van der Waals surface area contributed by atoms with Gasteiger partial charge in [0.2, 0.25) is 0 Å². The van der Waals surface area contributed by atoms with Crippen molar-refractivity contribution in [1.29, 1.82) is 0 Å². The molecule has 1 aromatic rings. The van der Waals surface area contributed by atoms with Gasteiger partial charge in [-0.1, -0.05) is 33.8 Å². The first-order valence-corrected chi connectivity index (χ1v) is 10.4. The summed E-state index contributed by atoms with van der Waals surface area (Å²) in [6.45, 7) is 21.5. The number of aryl methyl sites for hydroxylation is 1. The van der Waals surface area contributed by atoms with Gasteiger partial charge in [-0.3, -0.25) is 14.9 Å². The van der Waals surface area contributed by atoms with Crippen molar-refractivity contribution in [2.24, 2.45) is 10.7 Å². The number of unbranched alkanes of at least 4 members (excludes halogenated alkanes) is 1. The van der Waals surface area contributed by atoms with E-state index in [0.29, 0.717) is 0 Å². The minimum atomic E-state index is 0.745. The fraction of sp³-hybridized carbons (Fsp3) is 0.565. The van der Waals surface area contributed by atoms with Crippen LogP contribution in [0, 0.1) is 6.92 Å². The van der Waals surface area contributed by atoms with Crippen molar-refractivity contribution in [3.8, 4) is 0 Å². The van der Waals surface area contributed by atoms with Crippen LogP contribution in [0.5, 0.6) is 0 Å². The monoisotopic (exact) mass is 391 g/mol. The lowest BCUT2D eigenvalue weighted by Gasteiger charge is -2.20. The summed E-state index contributed by atoms with van der Waals surface area (Å²) in [6, 6.07) is 4.08. The average molecular weight is 392 g/mol. The van der Waals surface area contributed by atoms with Gasteiger partial charge in [0.25, 0.3) is 0 Å². The van der Waals surface area contributed by atoms with Crippen LogP contribution < -0.4 is 11.1 Å². The standard InChI is InChI=1S/C17H29N5.2C2H6.C2H4/c1-15-7-6-9-21-17(15)14-22(11-5-4-8-18)12-10-20-16(2)13-19-3;3*1-2/h6-7,9-10,13,19H,4-5,8,11-12,14,18H2,1-3H3;2*1-2H3;1-2H2/b16-13-,20-10?;;;. The maximum atomic E-state index is 5.59. The molecule has 0 fully saturated rings. The largest absolute Gasteiger partial charge is 0.393 e. The van der Waals surface area contributed by atoms with Crippen LogP contribution >= 0.6 is 0 Å². The Labute approximate surface area is 174 Å². The second-order valence-electron chi connectivity index (χ2n) is 5.38. The van der Waals surface area contributed by atoms with Gasteiger partial charge >= 0.3 is 0 Å². The summed E-state index contributed by atoms with van der Waals surface area (Å²) in [6.07, 6.45) is 7.85. The molecule has 0 saturated heterocycles. The Kier molecular flexibility index (Phi) is 27.5. The van der Waals surface area contributed by atoms with Crippen molar-refractivity contribution >= 4 is 6.21 Å². The van der Waals surface area contributed by atoms with Crippen molar-refractivity contribution in [1.82, 2.24) is 15.2 Å². The highest BCUT2D eigenvalue weighted by atomic mass is 15.1. The third-order valence-electron chi connectivity index (χ3n) is 3.41. The highest BCUT2D eigenvalue weighted by Gasteiger charge is 2.07. The van der Waals surface area contributed by atoms with Gasteiger partial charge in [-0.15, -0.1) is 13.2 Å². The Hall–Kier alpha value is -1.98. The molecule has 0 aliphatic heterocycles. The fourth-order valence-corrected chi connectivity index (χ4v) is 2.16. The van der Waals surface area contributed by atoms with Crippen LogP contribution in [0.4, 0.5) is 0 Å². The summed E-state index contributed by atoms with van der Waals surface area (Å²) in [5.74, 6) is 0. The third-order valence-corrected chi connectivity index (χ3v) is 3.41. The van der Waals surface area contributed by atoms with Gasteiger partial charge in [-0.25, -0.2) is 0 Å². The molecule has 0 atom stereocenters. The lowest BCUT2D eigenvalue weighted by Crippen LogP contribution is -2.27. The number of allylic oxidation sites excluding steroid dienone is 1. The maximum absolute atomic E-state index is 5.59. The summed E-state index contributed by atoms with van der Waals surface area (Å²) in [5.41, 5.74) is 8.93. The quantitative estimate of drug-likeness (QED) is 0.337. The van der Waals surface area contributed by atoms with Crippen LogP contribution in [-0.2, 0) is 6.54 Å². The molecule has 0 aromatic carbocycles. The summed E-state index contributed by atoms with van der Waals surface area (Å²) in [7, 11) is 1.88. The van der Waals surface area contributed by atoms with Gasteiger partial charge in [0.15, 0.2) is 0 Å². The lowest BCUT2D eigenvalue weighted by molar-refractivity contribution is 0.295. The Bertz CT molecular complexity index is 498. The predicted molar refractivity (Wildman–Crippen MR) is 128 cm³/mol. The molecule has 0 spiro atoms. The molecular formula is C23H45N5. The summed E-state index contributed by atoms with van der Waals surface area (Å²) in [4.78, 5) is 11.3. The molecule has 0 bridgehead atoms. The molecule has 1 heterocycles. The molecule has 0 saturated carbocycles. The van der Waals surface area contributed by atoms with Crippen LogP contribution in [0.2, 0.25) is 0 Å². The van der Waals surface area contributed by atoms with E-state index in [1.165, 1.54) is 5.56 Å². The van der Waals surface area contributed by atoms with E-state index in [0.717, 1.165) is 50.4 Å². The number of hydrogen-bond donors (Lipinski definition) is 2. The van der Waals surface area contributed by atoms with Gasteiger partial charge in [0, 0.05) is 38.7 Å². The van der Waals surface area contributed by atoms with Gasteiger partial charge < -0.3 is 11.1 Å². The molecule has 3 N–H and O–H groups in total. The summed E-state index contributed by atoms with van der Waals surface area (Å²) >= 11 is 0. The van der Waals surface area contributed by atoms with Crippen LogP contribution in [0.15, 0.2) is 48.4 Å². The minimum absolute atomic E-state index is 0.745. The zero-order valence-corrected chi connectivity index (χ0v) is 19.5. The maximum Gasteiger partial charge on any atom is 0.0573 e. The van der Waals surface area contributed by atoms with Gasteiger partial charge in [-0.05, 0) is 51.4 Å². The minimum Gasteiger partial charge on any atom is -0.393 e. The number of hydrogen-bond acceptors (Lipinski definition) is 5. The lowest BCUT2D eigenvalue weighted by atomic mass is 10.2. The Morgan fingerprint density at radius 2 is 1.89 bits per heavy atom. The van der Waals surface area contributed by atoms with E-state index < -0.39 is 0 Å². The van der Waals surface area contributed by atoms with E-state index in [2.05, 4.69) is 46.3 Å². The van der Waals surface area contributed by atoms with Crippen LogP contribution in [-0.4, -0.2) is 42.8 Å². The molecule has 0 aliphatic rings. The first-order valence-electron chi connectivity index (χ1n) is 10.4. The average Bonchev–Trinajstić information content (AvgIpc) is 2.74. The Morgan fingerprint density at radius 1 is 1.25 bits per heavy atom. The summed E-state index contributed by atoms with van der Waals surface area (Å²) < 4.78 is 0. The van der Waals surface area contributed by atoms with Crippen molar-refractivity contribution in [2.45, 2.75) is 60.9 Å². The van der Waals surface area contributed by atoms with Crippen LogP contribution in [0.3, 0.4) is 0 Å². The number of nitrogens with zero attached hydrogens (tertiary/aromatic N) is 3. The molecule has 1 rings (SSSR count). The smallest absolute Gasteiger partial charge is 0.0573 e. The molecular weight excluding hydrogens is 346 g/mol. The molecule has 0 aliphatic carbocycles. The van der Waals surface area contributed by atoms with E-state index >= 15 is 0 Å². The highest BCUT2D eigenvalue weighted by Crippen LogP contribution is 2.08. The van der Waals surface area contributed by atoms with Crippen molar-refractivity contribution < 1.29 is 0 Å². The number of aliphatic imine (C=N–C) groups is 1. The van der Waals surface area contributed by atoms with Gasteiger partial charge in [0.1, 0.15) is 0 Å². The molecule has 28 heavy (non-hydrogen) atoms. The van der Waals surface area contributed by atoms with Crippen molar-refractivity contribution in [3.63, 3.8) is 0 Å². The Balaban J connectivity index is -0.000000946. The van der Waals surface area contributed by atoms with E-state index in [-0.39, 0.29) is 0 Å². The number of pyridine rings is 1. The molecule has 0 radical (unpaired) electrons. The fourth-order valence-electron chi connectivity index (χ4n) is 2.16. The molecule has 5 heteroatoms. The van der Waals surface area contributed by atoms with Crippen molar-refractivity contribution in [2.75, 3.05) is 26.7 Å². The number of nitrogens with two attached hydrogens (primary N) is 1. The second-order valence-corrected chi connectivity index (χ2v) is 5.38. The Morgan fingerprint density at radius 3 is 2.43 bits per heavy atom. The highest BCUT2D eigenvalue weighted by molar-refractivity contribution is 5.61. The first-order chi connectivity index (χ1) is 13.7. The second kappa shape index (κ2) is 25.0. The van der Waals surface area contributed by atoms with Gasteiger partial charge in [0.05, 0.1) is 11.4 Å².